The molecule has 6 nitrogen and oxygen atoms in total. The van der Waals surface area contributed by atoms with Gasteiger partial charge in [-0.15, -0.1) is 0 Å². The van der Waals surface area contributed by atoms with E-state index in [1.54, 1.807) is 7.05 Å². The molecule has 2 N–H and O–H groups in total. The minimum absolute atomic E-state index is 0.274. The van der Waals surface area contributed by atoms with Gasteiger partial charge in [-0.05, 0) is 31.2 Å². The predicted octanol–water partition coefficient (Wildman–Crippen LogP) is 2.99. The molecule has 0 fully saturated rings. The van der Waals surface area contributed by atoms with Crippen molar-refractivity contribution in [3.8, 4) is 5.88 Å². The molecule has 0 amide bonds. The first kappa shape index (κ1) is 21.2. The van der Waals surface area contributed by atoms with Gasteiger partial charge in [0, 0.05) is 39.0 Å². The highest BCUT2D eigenvalue weighted by atomic mass is 16.5. The molecule has 0 aromatic carbocycles. The standard InChI is InChI=1S/C19H34N4O2/c1-6-12-25-18-9-8-16(13-22-18)14-23-19(20-5)21-11-10-17(15(3)4)24-7-2/h8-9,13,15,17H,6-7,10-12,14H2,1-5H3,(H2,20,21,23). The molecule has 1 aromatic heterocycles. The van der Waals surface area contributed by atoms with Gasteiger partial charge in [-0.3, -0.25) is 4.99 Å². The number of nitrogens with zero attached hydrogens (tertiary/aromatic N) is 2. The SMILES string of the molecule is CCCOc1ccc(CNC(=NC)NCCC(OCC)C(C)C)cn1. The van der Waals surface area contributed by atoms with E-state index in [0.717, 1.165) is 37.5 Å². The normalized spacial score (nSPS) is 13.0. The summed E-state index contributed by atoms with van der Waals surface area (Å²) >= 11 is 0. The smallest absolute Gasteiger partial charge is 0.213 e. The lowest BCUT2D eigenvalue weighted by Gasteiger charge is -2.21. The molecule has 142 valence electrons. The second-order valence-electron chi connectivity index (χ2n) is 6.23. The van der Waals surface area contributed by atoms with Crippen LogP contribution in [0, 0.1) is 5.92 Å². The van der Waals surface area contributed by atoms with Crippen LogP contribution >= 0.6 is 0 Å². The molecule has 0 spiro atoms. The van der Waals surface area contributed by atoms with E-state index >= 15 is 0 Å². The molecule has 6 heteroatoms. The van der Waals surface area contributed by atoms with Crippen LogP contribution in [0.3, 0.4) is 0 Å². The van der Waals surface area contributed by atoms with Gasteiger partial charge >= 0.3 is 0 Å². The molecule has 0 aliphatic rings. The first-order valence-corrected chi connectivity index (χ1v) is 9.24. The fraction of sp³-hybridized carbons (Fsp3) is 0.684. The largest absolute Gasteiger partial charge is 0.478 e. The Bertz CT molecular complexity index is 489. The molecule has 0 radical (unpaired) electrons. The predicted molar refractivity (Wildman–Crippen MR) is 103 cm³/mol. The van der Waals surface area contributed by atoms with Gasteiger partial charge in [0.25, 0.3) is 0 Å². The minimum Gasteiger partial charge on any atom is -0.478 e. The Kier molecular flexibility index (Phi) is 10.6. The van der Waals surface area contributed by atoms with E-state index in [1.807, 2.05) is 25.3 Å². The van der Waals surface area contributed by atoms with Crippen LogP contribution in [-0.2, 0) is 11.3 Å². The van der Waals surface area contributed by atoms with Crippen LogP contribution in [0.15, 0.2) is 23.3 Å². The molecule has 0 aliphatic heterocycles. The number of aliphatic imine (C=N–C) groups is 1. The van der Waals surface area contributed by atoms with Gasteiger partial charge in [-0.1, -0.05) is 26.8 Å². The molecule has 0 saturated carbocycles. The third kappa shape index (κ3) is 8.72. The van der Waals surface area contributed by atoms with Crippen LogP contribution in [0.25, 0.3) is 0 Å². The third-order valence-corrected chi connectivity index (χ3v) is 3.78. The Labute approximate surface area is 152 Å². The maximum absolute atomic E-state index is 5.77. The monoisotopic (exact) mass is 350 g/mol. The van der Waals surface area contributed by atoms with Crippen molar-refractivity contribution in [2.75, 3.05) is 26.8 Å². The molecule has 1 aromatic rings. The van der Waals surface area contributed by atoms with Crippen LogP contribution in [0.2, 0.25) is 0 Å². The number of pyridine rings is 1. The highest BCUT2D eigenvalue weighted by Gasteiger charge is 2.12. The fourth-order valence-electron chi connectivity index (χ4n) is 2.37. The number of hydrogen-bond donors (Lipinski definition) is 2. The third-order valence-electron chi connectivity index (χ3n) is 3.78. The number of guanidine groups is 1. The fourth-order valence-corrected chi connectivity index (χ4v) is 2.37. The maximum atomic E-state index is 5.77. The number of rotatable bonds is 11. The molecular weight excluding hydrogens is 316 g/mol. The summed E-state index contributed by atoms with van der Waals surface area (Å²) < 4.78 is 11.3. The lowest BCUT2D eigenvalue weighted by Crippen LogP contribution is -2.38. The summed E-state index contributed by atoms with van der Waals surface area (Å²) in [6.45, 7) is 11.4. The maximum Gasteiger partial charge on any atom is 0.213 e. The summed E-state index contributed by atoms with van der Waals surface area (Å²) in [6, 6.07) is 3.92. The van der Waals surface area contributed by atoms with Gasteiger partial charge < -0.3 is 20.1 Å². The summed E-state index contributed by atoms with van der Waals surface area (Å²) in [5, 5.41) is 6.64. The molecule has 1 heterocycles. The van der Waals surface area contributed by atoms with Gasteiger partial charge in [0.2, 0.25) is 5.88 Å². The van der Waals surface area contributed by atoms with E-state index in [1.165, 1.54) is 0 Å². The molecular formula is C19H34N4O2. The highest BCUT2D eigenvalue weighted by Crippen LogP contribution is 2.10. The molecule has 0 bridgehead atoms. The average Bonchev–Trinajstić information content (AvgIpc) is 2.62. The van der Waals surface area contributed by atoms with Gasteiger partial charge in [-0.2, -0.15) is 0 Å². The zero-order valence-electron chi connectivity index (χ0n) is 16.3. The van der Waals surface area contributed by atoms with Gasteiger partial charge in [-0.25, -0.2) is 4.98 Å². The van der Waals surface area contributed by atoms with Crippen LogP contribution < -0.4 is 15.4 Å². The molecule has 1 unspecified atom stereocenters. The van der Waals surface area contributed by atoms with Crippen LogP contribution in [0.1, 0.15) is 46.1 Å². The van der Waals surface area contributed by atoms with E-state index in [0.29, 0.717) is 24.9 Å². The van der Waals surface area contributed by atoms with E-state index in [-0.39, 0.29) is 6.10 Å². The summed E-state index contributed by atoms with van der Waals surface area (Å²) in [5.74, 6) is 1.96. The van der Waals surface area contributed by atoms with Crippen molar-refractivity contribution < 1.29 is 9.47 Å². The zero-order chi connectivity index (χ0) is 18.5. The van der Waals surface area contributed by atoms with Crippen molar-refractivity contribution in [2.45, 2.75) is 53.2 Å². The molecule has 0 aliphatic carbocycles. The summed E-state index contributed by atoms with van der Waals surface area (Å²) in [6.07, 6.45) is 4.04. The van der Waals surface area contributed by atoms with Crippen molar-refractivity contribution >= 4 is 5.96 Å². The van der Waals surface area contributed by atoms with Crippen LogP contribution in [0.5, 0.6) is 5.88 Å². The van der Waals surface area contributed by atoms with Gasteiger partial charge in [0.15, 0.2) is 5.96 Å². The van der Waals surface area contributed by atoms with Crippen molar-refractivity contribution in [1.82, 2.24) is 15.6 Å². The quantitative estimate of drug-likeness (QED) is 0.474. The highest BCUT2D eigenvalue weighted by molar-refractivity contribution is 5.79. The number of nitrogens with one attached hydrogen (secondary N) is 2. The van der Waals surface area contributed by atoms with E-state index in [2.05, 4.69) is 41.4 Å². The lowest BCUT2D eigenvalue weighted by atomic mass is 10.0. The Balaban J connectivity index is 2.36. The summed E-state index contributed by atoms with van der Waals surface area (Å²) in [7, 11) is 1.78. The molecule has 1 rings (SSSR count). The van der Waals surface area contributed by atoms with Crippen LogP contribution in [0.4, 0.5) is 0 Å². The van der Waals surface area contributed by atoms with Crippen LogP contribution in [-0.4, -0.2) is 43.9 Å². The number of aromatic nitrogens is 1. The zero-order valence-corrected chi connectivity index (χ0v) is 16.3. The molecule has 25 heavy (non-hydrogen) atoms. The summed E-state index contributed by atoms with van der Waals surface area (Å²) in [4.78, 5) is 8.56. The van der Waals surface area contributed by atoms with Gasteiger partial charge in [0.1, 0.15) is 0 Å². The number of hydrogen-bond acceptors (Lipinski definition) is 4. The first-order valence-electron chi connectivity index (χ1n) is 9.24. The topological polar surface area (TPSA) is 67.8 Å². The van der Waals surface area contributed by atoms with Gasteiger partial charge in [0.05, 0.1) is 12.7 Å². The molecule has 1 atom stereocenters. The Morgan fingerprint density at radius 1 is 1.24 bits per heavy atom. The van der Waals surface area contributed by atoms with E-state index in [4.69, 9.17) is 9.47 Å². The summed E-state index contributed by atoms with van der Waals surface area (Å²) in [5.41, 5.74) is 1.08. The molecule has 0 saturated heterocycles. The second-order valence-corrected chi connectivity index (χ2v) is 6.23. The lowest BCUT2D eigenvalue weighted by molar-refractivity contribution is 0.0258. The first-order chi connectivity index (χ1) is 12.1. The van der Waals surface area contributed by atoms with E-state index < -0.39 is 0 Å². The Hall–Kier alpha value is -1.82. The van der Waals surface area contributed by atoms with Crippen molar-refractivity contribution in [2.24, 2.45) is 10.9 Å². The van der Waals surface area contributed by atoms with E-state index in [9.17, 15) is 0 Å². The minimum atomic E-state index is 0.274. The van der Waals surface area contributed by atoms with Crippen molar-refractivity contribution in [3.63, 3.8) is 0 Å². The average molecular weight is 351 g/mol. The Morgan fingerprint density at radius 3 is 2.60 bits per heavy atom. The van der Waals surface area contributed by atoms with Crippen molar-refractivity contribution in [1.29, 1.82) is 0 Å². The Morgan fingerprint density at radius 2 is 2.04 bits per heavy atom. The van der Waals surface area contributed by atoms with Crippen molar-refractivity contribution in [3.05, 3.63) is 23.9 Å². The number of ether oxygens (including phenoxy) is 2. The second kappa shape index (κ2) is 12.5.